The molecule has 5 heterocycles. The number of fused-ring (bicyclic) bond motifs is 12. The highest BCUT2D eigenvalue weighted by molar-refractivity contribution is 6.19. The number of benzene rings is 7. The van der Waals surface area contributed by atoms with Gasteiger partial charge in [0.15, 0.2) is 24.8 Å². The lowest BCUT2D eigenvalue weighted by molar-refractivity contribution is -0.704. The van der Waals surface area contributed by atoms with Crippen molar-refractivity contribution >= 4 is 65.3 Å². The molecule has 316 valence electrons. The molecule has 7 aromatic carbocycles. The molecule has 0 amide bonds. The van der Waals surface area contributed by atoms with Gasteiger partial charge in [-0.1, -0.05) is 96.1 Å². The van der Waals surface area contributed by atoms with E-state index in [2.05, 4.69) is 242 Å². The predicted molar refractivity (Wildman–Crippen MR) is 272 cm³/mol. The van der Waals surface area contributed by atoms with E-state index < -0.39 is 0 Å². The minimum absolute atomic E-state index is 0.637. The van der Waals surface area contributed by atoms with Crippen LogP contribution in [-0.4, -0.2) is 0 Å². The fourth-order valence-corrected chi connectivity index (χ4v) is 11.2. The summed E-state index contributed by atoms with van der Waals surface area (Å²) in [4.78, 5) is 0. The van der Waals surface area contributed by atoms with Crippen molar-refractivity contribution < 1.29 is 18.3 Å². The Kier molecular flexibility index (Phi) is 9.29. The highest BCUT2D eigenvalue weighted by Gasteiger charge is 2.40. The normalized spacial score (nSPS) is 13.9. The van der Waals surface area contributed by atoms with E-state index in [1.54, 1.807) is 0 Å². The second-order valence-electron chi connectivity index (χ2n) is 18.6. The number of aryl methyl sites for hydroxylation is 5. The predicted octanol–water partition coefficient (Wildman–Crippen LogP) is 12.8. The van der Waals surface area contributed by atoms with Gasteiger partial charge >= 0.3 is 5.70 Å². The van der Waals surface area contributed by atoms with E-state index in [1.807, 2.05) is 0 Å². The third-order valence-electron chi connectivity index (χ3n) is 14.5. The third-order valence-corrected chi connectivity index (χ3v) is 14.5. The van der Waals surface area contributed by atoms with Gasteiger partial charge in [-0.15, -0.1) is 4.57 Å². The molecule has 4 aromatic heterocycles. The molecular weight excluding hydrogens is 801 g/mol. The lowest BCUT2D eigenvalue weighted by Crippen LogP contribution is -2.51. The van der Waals surface area contributed by atoms with Crippen LogP contribution >= 0.6 is 0 Å². The Morgan fingerprint density at radius 3 is 1.71 bits per heavy atom. The van der Waals surface area contributed by atoms with Crippen LogP contribution in [0.3, 0.4) is 0 Å². The molecule has 11 aromatic rings. The van der Waals surface area contributed by atoms with Crippen LogP contribution < -0.4 is 18.3 Å². The summed E-state index contributed by atoms with van der Waals surface area (Å²) in [6, 6.07) is 59.0. The number of hydrogen-bond donors (Lipinski definition) is 0. The van der Waals surface area contributed by atoms with Crippen LogP contribution in [0, 0.1) is 34.6 Å². The van der Waals surface area contributed by atoms with Gasteiger partial charge in [0, 0.05) is 47.2 Å². The molecule has 66 heavy (non-hydrogen) atoms. The second-order valence-corrected chi connectivity index (χ2v) is 18.6. The Hall–Kier alpha value is -7.82. The zero-order valence-corrected chi connectivity index (χ0v) is 38.5. The smallest absolute Gasteiger partial charge is 0.196 e. The SMILES string of the molecule is Cc1cc(C)c(C)c(-c2c3ccc4c5ccccc5ccc4c3cc[n+]2/C2=C(\[n+]3ccccc3-c3cccc[n+]3C)C[n+]3ccc4c(ccc5ccccc54)c3-c3cc(C)cc(C)c3C2)c1. The molecule has 0 aliphatic carbocycles. The summed E-state index contributed by atoms with van der Waals surface area (Å²) in [5.41, 5.74) is 17.5. The third kappa shape index (κ3) is 6.27. The maximum Gasteiger partial charge on any atom is 0.321 e. The monoisotopic (exact) mass is 852 g/mol. The lowest BCUT2D eigenvalue weighted by Gasteiger charge is -2.20. The first kappa shape index (κ1) is 39.7. The van der Waals surface area contributed by atoms with Gasteiger partial charge in [-0.05, 0) is 126 Å². The first-order chi connectivity index (χ1) is 32.2. The van der Waals surface area contributed by atoms with Crippen molar-refractivity contribution in [2.45, 2.75) is 47.6 Å². The van der Waals surface area contributed by atoms with Crippen LogP contribution in [-0.2, 0) is 20.0 Å². The Bertz CT molecular complexity index is 3890. The highest BCUT2D eigenvalue weighted by atomic mass is 15.1. The number of pyridine rings is 4. The van der Waals surface area contributed by atoms with Crippen molar-refractivity contribution in [3.05, 3.63) is 216 Å². The summed E-state index contributed by atoms with van der Waals surface area (Å²) < 4.78 is 9.81. The quantitative estimate of drug-likeness (QED) is 0.124. The van der Waals surface area contributed by atoms with Crippen LogP contribution in [0.15, 0.2) is 183 Å². The van der Waals surface area contributed by atoms with Gasteiger partial charge in [0.05, 0.1) is 28.3 Å². The molecule has 0 fully saturated rings. The van der Waals surface area contributed by atoms with E-state index in [0.29, 0.717) is 13.0 Å². The molecule has 0 N–H and O–H groups in total. The number of nitrogens with zero attached hydrogens (tertiary/aromatic N) is 4. The van der Waals surface area contributed by atoms with Crippen molar-refractivity contribution in [1.82, 2.24) is 0 Å². The summed E-state index contributed by atoms with van der Waals surface area (Å²) in [7, 11) is 2.15. The molecule has 0 unspecified atom stereocenters. The van der Waals surface area contributed by atoms with Gasteiger partial charge in [0.25, 0.3) is 17.1 Å². The molecule has 0 bridgehead atoms. The molecule has 1 aliphatic rings. The largest absolute Gasteiger partial charge is 0.321 e. The van der Waals surface area contributed by atoms with Crippen molar-refractivity contribution in [3.63, 3.8) is 0 Å². The van der Waals surface area contributed by atoms with Crippen molar-refractivity contribution in [2.24, 2.45) is 7.05 Å². The molecular formula is C62H52N4+4. The van der Waals surface area contributed by atoms with Crippen LogP contribution in [0.2, 0.25) is 0 Å². The number of hydrogen-bond acceptors (Lipinski definition) is 0. The van der Waals surface area contributed by atoms with E-state index in [1.165, 1.54) is 121 Å². The molecule has 0 saturated carbocycles. The van der Waals surface area contributed by atoms with Crippen molar-refractivity contribution in [1.29, 1.82) is 0 Å². The van der Waals surface area contributed by atoms with Crippen LogP contribution in [0.4, 0.5) is 0 Å². The standard InChI is InChI=1S/C62H52N4/c1-39-33-41(3)43(5)55(35-39)62-53-26-25-48-46-17-9-7-15-44(46)21-23-49(48)51(53)28-32-66(62)59-37-54-42(4)34-40(2)36-56(54)61-52-24-22-45-16-8-10-18-47(45)50(52)27-31-64(61)38-60(59)65-30-14-12-20-58(65)57-19-11-13-29-63(57)6/h7-36H,37-38H2,1-6H3/q+4/b60-59-. The average molecular weight is 853 g/mol. The minimum atomic E-state index is 0.637. The van der Waals surface area contributed by atoms with E-state index in [0.717, 1.165) is 11.4 Å². The van der Waals surface area contributed by atoms with Crippen LogP contribution in [0.25, 0.3) is 99.2 Å². The molecule has 0 saturated heterocycles. The fraction of sp³-hybridized carbons (Fsp3) is 0.129. The van der Waals surface area contributed by atoms with Gasteiger partial charge in [-0.3, -0.25) is 0 Å². The fourth-order valence-electron chi connectivity index (χ4n) is 11.2. The van der Waals surface area contributed by atoms with E-state index >= 15 is 0 Å². The molecule has 0 atom stereocenters. The molecule has 4 heteroatoms. The number of allylic oxidation sites excluding steroid dienone is 2. The van der Waals surface area contributed by atoms with Crippen LogP contribution in [0.5, 0.6) is 0 Å². The molecule has 1 aliphatic heterocycles. The summed E-state index contributed by atoms with van der Waals surface area (Å²) in [5, 5.41) is 12.7. The lowest BCUT2D eigenvalue weighted by atomic mass is 9.88. The van der Waals surface area contributed by atoms with Gasteiger partial charge in [0.2, 0.25) is 17.9 Å². The van der Waals surface area contributed by atoms with E-state index in [-0.39, 0.29) is 0 Å². The summed E-state index contributed by atoms with van der Waals surface area (Å²) in [6.45, 7) is 12.0. The van der Waals surface area contributed by atoms with E-state index in [9.17, 15) is 0 Å². The van der Waals surface area contributed by atoms with Gasteiger partial charge in [0.1, 0.15) is 7.05 Å². The number of rotatable bonds is 4. The highest BCUT2D eigenvalue weighted by Crippen LogP contribution is 2.40. The number of aromatic nitrogens is 4. The Balaban J connectivity index is 1.25. The zero-order valence-electron chi connectivity index (χ0n) is 38.5. The first-order valence-electron chi connectivity index (χ1n) is 23.2. The summed E-state index contributed by atoms with van der Waals surface area (Å²) in [5.74, 6) is 0. The summed E-state index contributed by atoms with van der Waals surface area (Å²) in [6.07, 6.45) is 9.87. The zero-order chi connectivity index (χ0) is 44.8. The van der Waals surface area contributed by atoms with Gasteiger partial charge < -0.3 is 0 Å². The van der Waals surface area contributed by atoms with E-state index in [4.69, 9.17) is 0 Å². The molecule has 12 rings (SSSR count). The average Bonchev–Trinajstić information content (AvgIpc) is 3.33. The van der Waals surface area contributed by atoms with Gasteiger partial charge in [-0.25, -0.2) is 0 Å². The topological polar surface area (TPSA) is 15.5 Å². The molecule has 0 radical (unpaired) electrons. The maximum atomic E-state index is 2.57. The second kappa shape index (κ2) is 15.4. The maximum absolute atomic E-state index is 2.57. The Morgan fingerprint density at radius 1 is 0.394 bits per heavy atom. The van der Waals surface area contributed by atoms with Crippen LogP contribution in [0.1, 0.15) is 33.4 Å². The summed E-state index contributed by atoms with van der Waals surface area (Å²) >= 11 is 0. The van der Waals surface area contributed by atoms with Crippen molar-refractivity contribution in [3.8, 4) is 33.9 Å². The molecule has 0 spiro atoms. The Morgan fingerprint density at radius 2 is 0.955 bits per heavy atom. The van der Waals surface area contributed by atoms with Crippen molar-refractivity contribution in [2.75, 3.05) is 0 Å². The Labute approximate surface area is 386 Å². The molecule has 4 nitrogen and oxygen atoms in total. The van der Waals surface area contributed by atoms with Gasteiger partial charge in [-0.2, -0.15) is 13.7 Å². The minimum Gasteiger partial charge on any atom is -0.196 e. The first-order valence-corrected chi connectivity index (χ1v) is 23.2.